The number of nitrogens with one attached hydrogen (secondary N) is 2. The molecule has 2 heterocycles. The highest BCUT2D eigenvalue weighted by molar-refractivity contribution is 7.97. The zero-order chi connectivity index (χ0) is 14.8. The molecule has 0 atom stereocenters. The minimum atomic E-state index is 0.187. The van der Waals surface area contributed by atoms with E-state index in [9.17, 15) is 0 Å². The van der Waals surface area contributed by atoms with Crippen LogP contribution in [-0.2, 0) is 12.3 Å². The summed E-state index contributed by atoms with van der Waals surface area (Å²) in [4.78, 5) is 0. The molecule has 0 radical (unpaired) electrons. The van der Waals surface area contributed by atoms with Crippen molar-refractivity contribution in [2.24, 2.45) is 0 Å². The molecule has 1 aliphatic heterocycles. The highest BCUT2D eigenvalue weighted by Gasteiger charge is 2.37. The van der Waals surface area contributed by atoms with Gasteiger partial charge in [0.2, 0.25) is 0 Å². The fraction of sp³-hybridized carbons (Fsp3) is 0.750. The summed E-state index contributed by atoms with van der Waals surface area (Å²) in [6.45, 7) is 9.96. The molecule has 0 saturated carbocycles. The van der Waals surface area contributed by atoms with Crippen LogP contribution in [0.3, 0.4) is 0 Å². The Morgan fingerprint density at radius 1 is 1.20 bits per heavy atom. The molecule has 1 aromatic rings. The molecule has 0 bridgehead atoms. The van der Waals surface area contributed by atoms with Crippen LogP contribution in [0.2, 0.25) is 0 Å². The van der Waals surface area contributed by atoms with Crippen molar-refractivity contribution in [1.82, 2.24) is 10.6 Å². The fourth-order valence-electron chi connectivity index (χ4n) is 3.45. The molecule has 0 aromatic carbocycles. The van der Waals surface area contributed by atoms with Crippen molar-refractivity contribution in [3.8, 4) is 0 Å². The van der Waals surface area contributed by atoms with Crippen LogP contribution in [-0.4, -0.2) is 23.4 Å². The second-order valence-corrected chi connectivity index (χ2v) is 8.05. The standard InChI is InChI=1S/C16H28N2OS/c1-15(2)8-12(9-16(3,4)18-15)17-10-13-6-7-14(19-13)11-20-5/h6-7,12,17-18H,8-11H2,1-5H3. The SMILES string of the molecule is CSCc1ccc(CNC2CC(C)(C)NC(C)(C)C2)o1. The maximum Gasteiger partial charge on any atom is 0.118 e. The maximum absolute atomic E-state index is 5.82. The molecule has 114 valence electrons. The van der Waals surface area contributed by atoms with Gasteiger partial charge >= 0.3 is 0 Å². The molecule has 0 amide bonds. The first-order valence-electron chi connectivity index (χ1n) is 7.39. The van der Waals surface area contributed by atoms with Crippen LogP contribution in [0.4, 0.5) is 0 Å². The van der Waals surface area contributed by atoms with Crippen molar-refractivity contribution < 1.29 is 4.42 Å². The summed E-state index contributed by atoms with van der Waals surface area (Å²) < 4.78 is 5.82. The molecule has 1 aromatic heterocycles. The second kappa shape index (κ2) is 6.12. The van der Waals surface area contributed by atoms with Gasteiger partial charge in [-0.05, 0) is 58.9 Å². The fourth-order valence-corrected chi connectivity index (χ4v) is 3.89. The zero-order valence-corrected chi connectivity index (χ0v) is 14.2. The highest BCUT2D eigenvalue weighted by atomic mass is 32.2. The predicted octanol–water partition coefficient (Wildman–Crippen LogP) is 3.54. The Balaban J connectivity index is 1.89. The van der Waals surface area contributed by atoms with E-state index in [0.717, 1.165) is 36.7 Å². The topological polar surface area (TPSA) is 37.2 Å². The van der Waals surface area contributed by atoms with Crippen LogP contribution in [0.5, 0.6) is 0 Å². The Hall–Kier alpha value is -0.450. The van der Waals surface area contributed by atoms with Crippen molar-refractivity contribution in [3.63, 3.8) is 0 Å². The van der Waals surface area contributed by atoms with Crippen molar-refractivity contribution >= 4 is 11.8 Å². The zero-order valence-electron chi connectivity index (χ0n) is 13.4. The largest absolute Gasteiger partial charge is 0.464 e. The van der Waals surface area contributed by atoms with E-state index in [1.54, 1.807) is 11.8 Å². The van der Waals surface area contributed by atoms with E-state index >= 15 is 0 Å². The average Bonchev–Trinajstić information content (AvgIpc) is 2.70. The lowest BCUT2D eigenvalue weighted by Gasteiger charge is -2.46. The van der Waals surface area contributed by atoms with E-state index < -0.39 is 0 Å². The summed E-state index contributed by atoms with van der Waals surface area (Å²) in [5.41, 5.74) is 0.374. The summed E-state index contributed by atoms with van der Waals surface area (Å²) in [6, 6.07) is 4.72. The summed E-state index contributed by atoms with van der Waals surface area (Å²) in [5, 5.41) is 7.38. The number of furan rings is 1. The molecule has 2 N–H and O–H groups in total. The third kappa shape index (κ3) is 4.54. The van der Waals surface area contributed by atoms with Crippen molar-refractivity contribution in [2.75, 3.05) is 6.26 Å². The van der Waals surface area contributed by atoms with Gasteiger partial charge in [-0.2, -0.15) is 11.8 Å². The van der Waals surface area contributed by atoms with Crippen molar-refractivity contribution in [1.29, 1.82) is 0 Å². The van der Waals surface area contributed by atoms with Crippen molar-refractivity contribution in [3.05, 3.63) is 23.7 Å². The van der Waals surface area contributed by atoms with Gasteiger partial charge in [-0.1, -0.05) is 0 Å². The number of thioether (sulfide) groups is 1. The minimum Gasteiger partial charge on any atom is -0.464 e. The molecular formula is C16H28N2OS. The normalized spacial score (nSPS) is 22.1. The highest BCUT2D eigenvalue weighted by Crippen LogP contribution is 2.28. The molecule has 0 unspecified atom stereocenters. The lowest BCUT2D eigenvalue weighted by Crippen LogP contribution is -2.61. The third-order valence-corrected chi connectivity index (χ3v) is 4.33. The van der Waals surface area contributed by atoms with Crippen LogP contribution in [0.25, 0.3) is 0 Å². The first kappa shape index (κ1) is 15.9. The Kier molecular flexibility index (Phi) is 4.88. The minimum absolute atomic E-state index is 0.187. The van der Waals surface area contributed by atoms with Gasteiger partial charge < -0.3 is 15.1 Å². The van der Waals surface area contributed by atoms with Crippen LogP contribution >= 0.6 is 11.8 Å². The van der Waals surface area contributed by atoms with Gasteiger partial charge in [0.05, 0.1) is 12.3 Å². The Labute approximate surface area is 127 Å². The Morgan fingerprint density at radius 3 is 2.40 bits per heavy atom. The first-order valence-corrected chi connectivity index (χ1v) is 8.78. The van der Waals surface area contributed by atoms with Gasteiger partial charge in [0.1, 0.15) is 11.5 Å². The Morgan fingerprint density at radius 2 is 1.80 bits per heavy atom. The lowest BCUT2D eigenvalue weighted by atomic mass is 9.79. The number of hydrogen-bond donors (Lipinski definition) is 2. The van der Waals surface area contributed by atoms with Gasteiger partial charge in [0, 0.05) is 17.1 Å². The van der Waals surface area contributed by atoms with Gasteiger partial charge in [-0.15, -0.1) is 0 Å². The summed E-state index contributed by atoms with van der Waals surface area (Å²) in [5.74, 6) is 3.07. The van der Waals surface area contributed by atoms with E-state index in [2.05, 4.69) is 56.7 Å². The van der Waals surface area contributed by atoms with E-state index in [4.69, 9.17) is 4.42 Å². The molecule has 20 heavy (non-hydrogen) atoms. The molecule has 4 heteroatoms. The summed E-state index contributed by atoms with van der Waals surface area (Å²) >= 11 is 1.79. The average molecular weight is 296 g/mol. The third-order valence-electron chi connectivity index (χ3n) is 3.76. The quantitative estimate of drug-likeness (QED) is 0.871. The molecule has 1 saturated heterocycles. The molecule has 0 aliphatic carbocycles. The van der Waals surface area contributed by atoms with Gasteiger partial charge in [0.15, 0.2) is 0 Å². The van der Waals surface area contributed by atoms with Crippen LogP contribution in [0.1, 0.15) is 52.1 Å². The van der Waals surface area contributed by atoms with Crippen LogP contribution < -0.4 is 10.6 Å². The molecule has 3 nitrogen and oxygen atoms in total. The predicted molar refractivity (Wildman–Crippen MR) is 87.1 cm³/mol. The second-order valence-electron chi connectivity index (χ2n) is 7.18. The van der Waals surface area contributed by atoms with Gasteiger partial charge in [-0.3, -0.25) is 0 Å². The summed E-state index contributed by atoms with van der Waals surface area (Å²) in [6.07, 6.45) is 4.39. The number of hydrogen-bond acceptors (Lipinski definition) is 4. The van der Waals surface area contributed by atoms with Gasteiger partial charge in [0.25, 0.3) is 0 Å². The van der Waals surface area contributed by atoms with E-state index in [1.165, 1.54) is 0 Å². The van der Waals surface area contributed by atoms with E-state index in [-0.39, 0.29) is 11.1 Å². The Bertz CT molecular complexity index is 423. The number of piperidine rings is 1. The van der Waals surface area contributed by atoms with E-state index in [0.29, 0.717) is 6.04 Å². The van der Waals surface area contributed by atoms with Crippen LogP contribution in [0.15, 0.2) is 16.5 Å². The van der Waals surface area contributed by atoms with Gasteiger partial charge in [-0.25, -0.2) is 0 Å². The monoisotopic (exact) mass is 296 g/mol. The maximum atomic E-state index is 5.82. The molecule has 2 rings (SSSR count). The molecular weight excluding hydrogens is 268 g/mol. The number of rotatable bonds is 5. The molecule has 1 aliphatic rings. The molecule has 0 spiro atoms. The lowest BCUT2D eigenvalue weighted by molar-refractivity contribution is 0.144. The summed E-state index contributed by atoms with van der Waals surface area (Å²) in [7, 11) is 0. The van der Waals surface area contributed by atoms with E-state index in [1.807, 2.05) is 0 Å². The van der Waals surface area contributed by atoms with Crippen molar-refractivity contribution in [2.45, 2.75) is 70.0 Å². The smallest absolute Gasteiger partial charge is 0.118 e. The van der Waals surface area contributed by atoms with Crippen LogP contribution in [0, 0.1) is 0 Å². The first-order chi connectivity index (χ1) is 9.30. The molecule has 1 fully saturated rings.